The van der Waals surface area contributed by atoms with Gasteiger partial charge in [0, 0.05) is 35.0 Å². The summed E-state index contributed by atoms with van der Waals surface area (Å²) in [5.41, 5.74) is 2.66. The van der Waals surface area contributed by atoms with Crippen molar-refractivity contribution in [3.05, 3.63) is 23.4 Å². The zero-order chi connectivity index (χ0) is 11.4. The van der Waals surface area contributed by atoms with E-state index in [9.17, 15) is 4.21 Å². The van der Waals surface area contributed by atoms with E-state index < -0.39 is 10.8 Å². The van der Waals surface area contributed by atoms with Gasteiger partial charge in [0.15, 0.2) is 0 Å². The van der Waals surface area contributed by atoms with Crippen LogP contribution in [0.25, 0.3) is 0 Å². The van der Waals surface area contributed by atoms with Gasteiger partial charge in [0.1, 0.15) is 5.82 Å². The molecule has 1 unspecified atom stereocenters. The summed E-state index contributed by atoms with van der Waals surface area (Å²) in [6.07, 6.45) is 6.21. The maximum atomic E-state index is 10.9. The number of aryl methyl sites for hydroxylation is 2. The van der Waals surface area contributed by atoms with Gasteiger partial charge < -0.3 is 5.32 Å². The lowest BCUT2D eigenvalue weighted by Crippen LogP contribution is -2.07. The number of hydrogen-bond acceptors (Lipinski definition) is 3. The lowest BCUT2D eigenvalue weighted by molar-refractivity contribution is 0.685. The van der Waals surface area contributed by atoms with Crippen molar-refractivity contribution in [1.29, 1.82) is 0 Å². The summed E-state index contributed by atoms with van der Waals surface area (Å²) in [5.74, 6) is 1.72. The van der Waals surface area contributed by atoms with Gasteiger partial charge >= 0.3 is 0 Å². The van der Waals surface area contributed by atoms with E-state index in [0.717, 1.165) is 31.0 Å². The highest BCUT2D eigenvalue weighted by Crippen LogP contribution is 2.21. The van der Waals surface area contributed by atoms with Crippen LogP contribution in [0.5, 0.6) is 0 Å². The van der Waals surface area contributed by atoms with Gasteiger partial charge in [0.05, 0.1) is 0 Å². The van der Waals surface area contributed by atoms with Crippen LogP contribution in [0.2, 0.25) is 0 Å². The number of anilines is 1. The van der Waals surface area contributed by atoms with E-state index in [-0.39, 0.29) is 0 Å². The molecule has 1 aliphatic rings. The molecule has 0 fully saturated rings. The van der Waals surface area contributed by atoms with Gasteiger partial charge in [-0.15, -0.1) is 0 Å². The predicted molar refractivity (Wildman–Crippen MR) is 68.3 cm³/mol. The first kappa shape index (κ1) is 11.6. The number of hydrogen-bond donors (Lipinski definition) is 1. The van der Waals surface area contributed by atoms with Crippen LogP contribution in [-0.4, -0.2) is 27.7 Å². The molecule has 1 aliphatic carbocycles. The maximum Gasteiger partial charge on any atom is 0.126 e. The lowest BCUT2D eigenvalue weighted by atomic mass is 10.2. The Morgan fingerprint density at radius 3 is 3.12 bits per heavy atom. The smallest absolute Gasteiger partial charge is 0.126 e. The number of pyridine rings is 1. The summed E-state index contributed by atoms with van der Waals surface area (Å²) in [6.45, 7) is 0.853. The fourth-order valence-corrected chi connectivity index (χ4v) is 2.56. The van der Waals surface area contributed by atoms with Gasteiger partial charge in [-0.1, -0.05) is 6.07 Å². The zero-order valence-corrected chi connectivity index (χ0v) is 10.5. The average molecular weight is 238 g/mol. The van der Waals surface area contributed by atoms with Crippen molar-refractivity contribution in [1.82, 2.24) is 4.98 Å². The molecule has 0 aliphatic heterocycles. The van der Waals surface area contributed by atoms with E-state index in [0.29, 0.717) is 0 Å². The van der Waals surface area contributed by atoms with Gasteiger partial charge in [-0.3, -0.25) is 4.21 Å². The molecule has 0 spiro atoms. The highest BCUT2D eigenvalue weighted by molar-refractivity contribution is 7.84. The number of aromatic nitrogens is 1. The van der Waals surface area contributed by atoms with E-state index >= 15 is 0 Å². The molecule has 88 valence electrons. The predicted octanol–water partition coefficient (Wildman–Crippen LogP) is 1.75. The van der Waals surface area contributed by atoms with E-state index in [1.165, 1.54) is 24.1 Å². The van der Waals surface area contributed by atoms with Crippen molar-refractivity contribution in [2.24, 2.45) is 0 Å². The minimum atomic E-state index is -0.684. The van der Waals surface area contributed by atoms with E-state index in [1.54, 1.807) is 6.26 Å². The van der Waals surface area contributed by atoms with Crippen LogP contribution in [0.4, 0.5) is 5.82 Å². The summed E-state index contributed by atoms with van der Waals surface area (Å²) in [6, 6.07) is 4.22. The van der Waals surface area contributed by atoms with Crippen molar-refractivity contribution >= 4 is 16.6 Å². The Bertz CT molecular complexity index is 393. The molecule has 2 rings (SSSR count). The van der Waals surface area contributed by atoms with E-state index in [2.05, 4.69) is 16.4 Å². The molecule has 0 saturated carbocycles. The van der Waals surface area contributed by atoms with Gasteiger partial charge in [-0.2, -0.15) is 0 Å². The Balaban J connectivity index is 1.83. The van der Waals surface area contributed by atoms with Gasteiger partial charge in [0.2, 0.25) is 0 Å². The maximum absolute atomic E-state index is 10.9. The highest BCUT2D eigenvalue weighted by atomic mass is 32.2. The second-order valence-electron chi connectivity index (χ2n) is 4.21. The van der Waals surface area contributed by atoms with Crippen molar-refractivity contribution in [3.63, 3.8) is 0 Å². The van der Waals surface area contributed by atoms with Crippen LogP contribution in [0.1, 0.15) is 24.1 Å². The summed E-state index contributed by atoms with van der Waals surface area (Å²) in [5, 5.41) is 3.28. The number of nitrogens with one attached hydrogen (secondary N) is 1. The molecule has 1 aromatic rings. The van der Waals surface area contributed by atoms with Gasteiger partial charge in [-0.05, 0) is 37.3 Å². The highest BCUT2D eigenvalue weighted by Gasteiger charge is 2.11. The van der Waals surface area contributed by atoms with Crippen LogP contribution in [0, 0.1) is 0 Å². The Labute approximate surface area is 99.1 Å². The van der Waals surface area contributed by atoms with Crippen LogP contribution >= 0.6 is 0 Å². The molecule has 0 saturated heterocycles. The fourth-order valence-electron chi connectivity index (χ4n) is 2.01. The van der Waals surface area contributed by atoms with Crippen LogP contribution in [-0.2, 0) is 23.6 Å². The molecule has 1 atom stereocenters. The summed E-state index contributed by atoms with van der Waals surface area (Å²) in [7, 11) is -0.684. The third-order valence-electron chi connectivity index (χ3n) is 2.84. The largest absolute Gasteiger partial charge is 0.370 e. The summed E-state index contributed by atoms with van der Waals surface area (Å²) >= 11 is 0. The molecular weight excluding hydrogens is 220 g/mol. The fraction of sp³-hybridized carbons (Fsp3) is 0.583. The van der Waals surface area contributed by atoms with E-state index in [1.807, 2.05) is 6.07 Å². The minimum Gasteiger partial charge on any atom is -0.370 e. The normalized spacial score (nSPS) is 15.8. The quantitative estimate of drug-likeness (QED) is 0.795. The molecule has 0 radical (unpaired) electrons. The van der Waals surface area contributed by atoms with Crippen LogP contribution in [0.3, 0.4) is 0 Å². The van der Waals surface area contributed by atoms with Gasteiger partial charge in [0.25, 0.3) is 0 Å². The first-order valence-corrected chi connectivity index (χ1v) is 7.51. The average Bonchev–Trinajstić information content (AvgIpc) is 2.71. The number of fused-ring (bicyclic) bond motifs is 1. The van der Waals surface area contributed by atoms with Crippen molar-refractivity contribution in [3.8, 4) is 0 Å². The number of nitrogens with zero attached hydrogens (tertiary/aromatic N) is 1. The van der Waals surface area contributed by atoms with E-state index in [4.69, 9.17) is 0 Å². The molecule has 0 bridgehead atoms. The third kappa shape index (κ3) is 3.04. The molecule has 1 aromatic heterocycles. The van der Waals surface area contributed by atoms with Crippen molar-refractivity contribution < 1.29 is 4.21 Å². The first-order chi connectivity index (χ1) is 7.75. The van der Waals surface area contributed by atoms with Crippen molar-refractivity contribution in [2.45, 2.75) is 25.7 Å². The summed E-state index contributed by atoms with van der Waals surface area (Å²) < 4.78 is 10.9. The third-order valence-corrected chi connectivity index (χ3v) is 3.71. The van der Waals surface area contributed by atoms with Crippen LogP contribution in [0.15, 0.2) is 12.1 Å². The lowest BCUT2D eigenvalue weighted by Gasteiger charge is -2.06. The standard InChI is InChI=1S/C12H18N2OS/c1-16(15)9-3-8-13-12-7-6-10-4-2-5-11(10)14-12/h6-7H,2-5,8-9H2,1H3,(H,13,14). The Morgan fingerprint density at radius 2 is 2.31 bits per heavy atom. The Kier molecular flexibility index (Phi) is 3.93. The topological polar surface area (TPSA) is 42.0 Å². The molecule has 3 nitrogen and oxygen atoms in total. The first-order valence-electron chi connectivity index (χ1n) is 5.78. The molecule has 16 heavy (non-hydrogen) atoms. The number of rotatable bonds is 5. The minimum absolute atomic E-state index is 0.684. The molecule has 0 aromatic carbocycles. The Morgan fingerprint density at radius 1 is 1.44 bits per heavy atom. The zero-order valence-electron chi connectivity index (χ0n) is 9.66. The molecule has 4 heteroatoms. The van der Waals surface area contributed by atoms with Crippen molar-refractivity contribution in [2.75, 3.05) is 23.9 Å². The summed E-state index contributed by atoms with van der Waals surface area (Å²) in [4.78, 5) is 4.58. The Hall–Kier alpha value is -0.900. The second kappa shape index (κ2) is 5.43. The molecule has 0 amide bonds. The molecule has 1 N–H and O–H groups in total. The SMILES string of the molecule is CS(=O)CCCNc1ccc2c(n1)CCC2. The molecule has 1 heterocycles. The molecular formula is C12H18N2OS. The monoisotopic (exact) mass is 238 g/mol. The van der Waals surface area contributed by atoms with Crippen LogP contribution < -0.4 is 5.32 Å². The second-order valence-corrected chi connectivity index (χ2v) is 5.77. The van der Waals surface area contributed by atoms with Gasteiger partial charge in [-0.25, -0.2) is 4.98 Å².